The molecule has 1 amide bonds. The minimum atomic E-state index is -0.719. The summed E-state index contributed by atoms with van der Waals surface area (Å²) in [5.41, 5.74) is 1.08. The first kappa shape index (κ1) is 14.6. The number of hydrogen-bond donors (Lipinski definition) is 2. The van der Waals surface area contributed by atoms with Crippen LogP contribution in [0.5, 0.6) is 0 Å². The summed E-state index contributed by atoms with van der Waals surface area (Å²) in [6, 6.07) is 0.123. The van der Waals surface area contributed by atoms with Crippen molar-refractivity contribution in [1.29, 1.82) is 0 Å². The number of nitrogens with one attached hydrogen (secondary N) is 1. The first-order valence-electron chi connectivity index (χ1n) is 7.06. The van der Waals surface area contributed by atoms with E-state index in [-0.39, 0.29) is 17.9 Å². The predicted octanol–water partition coefficient (Wildman–Crippen LogP) is 1.34. The van der Waals surface area contributed by atoms with Gasteiger partial charge in [-0.25, -0.2) is 0 Å². The molecule has 0 radical (unpaired) electrons. The Hall–Kier alpha value is -1.85. The number of rotatable bonds is 5. The maximum atomic E-state index is 11.8. The van der Waals surface area contributed by atoms with Gasteiger partial charge in [-0.1, -0.05) is 0 Å². The zero-order valence-electron chi connectivity index (χ0n) is 11.7. The molecule has 0 atom stereocenters. The molecule has 0 spiro atoms. The Kier molecular flexibility index (Phi) is 4.76. The molecule has 0 saturated heterocycles. The van der Waals surface area contributed by atoms with Crippen LogP contribution in [-0.2, 0) is 16.1 Å². The van der Waals surface area contributed by atoms with Crippen molar-refractivity contribution in [2.24, 2.45) is 5.92 Å². The van der Waals surface area contributed by atoms with E-state index in [0.717, 1.165) is 18.4 Å². The van der Waals surface area contributed by atoms with Gasteiger partial charge in [0, 0.05) is 25.2 Å². The summed E-state index contributed by atoms with van der Waals surface area (Å²) >= 11 is 0. The largest absolute Gasteiger partial charge is 0.481 e. The number of aliphatic carboxylic acids is 1. The third-order valence-corrected chi connectivity index (χ3v) is 3.77. The molecular formula is C14H21N3O3. The highest BCUT2D eigenvalue weighted by atomic mass is 16.4. The first-order valence-corrected chi connectivity index (χ1v) is 7.06. The van der Waals surface area contributed by atoms with Crippen LogP contribution in [0.2, 0.25) is 0 Å². The van der Waals surface area contributed by atoms with E-state index >= 15 is 0 Å². The normalized spacial score (nSPS) is 22.4. The van der Waals surface area contributed by atoms with E-state index in [4.69, 9.17) is 5.11 Å². The molecule has 20 heavy (non-hydrogen) atoms. The smallest absolute Gasteiger partial charge is 0.306 e. The summed E-state index contributed by atoms with van der Waals surface area (Å²) in [6.07, 6.45) is 6.89. The van der Waals surface area contributed by atoms with E-state index in [1.807, 2.05) is 13.1 Å². The number of carbonyl (C=O) groups is 2. The number of hydrogen-bond acceptors (Lipinski definition) is 3. The third kappa shape index (κ3) is 4.08. The summed E-state index contributed by atoms with van der Waals surface area (Å²) in [5.74, 6) is -0.948. The Morgan fingerprint density at radius 2 is 2.10 bits per heavy atom. The molecule has 1 heterocycles. The van der Waals surface area contributed by atoms with Crippen LogP contribution in [-0.4, -0.2) is 32.8 Å². The van der Waals surface area contributed by atoms with Gasteiger partial charge in [-0.15, -0.1) is 0 Å². The van der Waals surface area contributed by atoms with Crippen LogP contribution in [0.1, 0.15) is 37.7 Å². The lowest BCUT2D eigenvalue weighted by Crippen LogP contribution is -2.39. The van der Waals surface area contributed by atoms with Crippen molar-refractivity contribution in [3.63, 3.8) is 0 Å². The molecule has 6 heteroatoms. The van der Waals surface area contributed by atoms with E-state index in [0.29, 0.717) is 25.8 Å². The zero-order valence-corrected chi connectivity index (χ0v) is 11.7. The summed E-state index contributed by atoms with van der Waals surface area (Å²) in [6.45, 7) is 2.54. The molecule has 0 bridgehead atoms. The molecule has 2 rings (SSSR count). The van der Waals surface area contributed by atoms with Crippen molar-refractivity contribution in [1.82, 2.24) is 15.1 Å². The Morgan fingerprint density at radius 1 is 1.40 bits per heavy atom. The molecule has 0 aliphatic heterocycles. The fourth-order valence-electron chi connectivity index (χ4n) is 2.59. The van der Waals surface area contributed by atoms with E-state index in [1.165, 1.54) is 0 Å². The second-order valence-electron chi connectivity index (χ2n) is 5.49. The van der Waals surface area contributed by atoms with Crippen molar-refractivity contribution in [2.45, 2.75) is 51.6 Å². The summed E-state index contributed by atoms with van der Waals surface area (Å²) in [7, 11) is 0. The summed E-state index contributed by atoms with van der Waals surface area (Å²) in [4.78, 5) is 22.7. The average Bonchev–Trinajstić information content (AvgIpc) is 2.83. The predicted molar refractivity (Wildman–Crippen MR) is 73.1 cm³/mol. The van der Waals surface area contributed by atoms with Gasteiger partial charge >= 0.3 is 5.97 Å². The maximum absolute atomic E-state index is 11.8. The van der Waals surface area contributed by atoms with Crippen LogP contribution in [0.4, 0.5) is 0 Å². The van der Waals surface area contributed by atoms with Gasteiger partial charge in [-0.2, -0.15) is 5.10 Å². The van der Waals surface area contributed by atoms with Gasteiger partial charge < -0.3 is 10.4 Å². The number of carbonyl (C=O) groups excluding carboxylic acids is 1. The molecule has 0 unspecified atom stereocenters. The van der Waals surface area contributed by atoms with Crippen LogP contribution in [0.25, 0.3) is 0 Å². The van der Waals surface area contributed by atoms with Crippen LogP contribution < -0.4 is 5.32 Å². The van der Waals surface area contributed by atoms with Gasteiger partial charge in [0.25, 0.3) is 0 Å². The lowest BCUT2D eigenvalue weighted by Gasteiger charge is -2.26. The molecule has 2 N–H and O–H groups in total. The van der Waals surface area contributed by atoms with Gasteiger partial charge in [0.2, 0.25) is 5.91 Å². The number of amides is 1. The molecule has 0 aromatic carbocycles. The molecule has 1 aromatic heterocycles. The van der Waals surface area contributed by atoms with Crippen molar-refractivity contribution >= 4 is 11.9 Å². The summed E-state index contributed by atoms with van der Waals surface area (Å²) in [5, 5.41) is 16.0. The average molecular weight is 279 g/mol. The molecule has 1 saturated carbocycles. The fraction of sp³-hybridized carbons (Fsp3) is 0.643. The van der Waals surface area contributed by atoms with Gasteiger partial charge in [-0.05, 0) is 38.2 Å². The van der Waals surface area contributed by atoms with Gasteiger partial charge in [0.1, 0.15) is 0 Å². The van der Waals surface area contributed by atoms with Crippen molar-refractivity contribution in [2.75, 3.05) is 0 Å². The van der Waals surface area contributed by atoms with Crippen LogP contribution in [0.15, 0.2) is 12.4 Å². The zero-order chi connectivity index (χ0) is 14.5. The Morgan fingerprint density at radius 3 is 2.65 bits per heavy atom. The second kappa shape index (κ2) is 6.54. The standard InChI is InChI=1S/C14H21N3O3/c1-10-8-15-17(9-10)7-6-13(18)16-12-4-2-11(3-5-12)14(19)20/h8-9,11-12H,2-7H2,1H3,(H,16,18)(H,19,20). The highest BCUT2D eigenvalue weighted by Crippen LogP contribution is 2.24. The molecule has 1 aliphatic rings. The monoisotopic (exact) mass is 279 g/mol. The second-order valence-corrected chi connectivity index (χ2v) is 5.49. The van der Waals surface area contributed by atoms with Crippen LogP contribution >= 0.6 is 0 Å². The fourth-order valence-corrected chi connectivity index (χ4v) is 2.59. The van der Waals surface area contributed by atoms with Crippen molar-refractivity contribution < 1.29 is 14.7 Å². The van der Waals surface area contributed by atoms with Crippen molar-refractivity contribution in [3.8, 4) is 0 Å². The van der Waals surface area contributed by atoms with E-state index in [9.17, 15) is 9.59 Å². The Labute approximate surface area is 118 Å². The van der Waals surface area contributed by atoms with Gasteiger partial charge in [0.15, 0.2) is 0 Å². The number of aromatic nitrogens is 2. The minimum absolute atomic E-state index is 0.0110. The quantitative estimate of drug-likeness (QED) is 0.852. The van der Waals surface area contributed by atoms with Crippen molar-refractivity contribution in [3.05, 3.63) is 18.0 Å². The molecular weight excluding hydrogens is 258 g/mol. The van der Waals surface area contributed by atoms with Crippen LogP contribution in [0.3, 0.4) is 0 Å². The number of carboxylic acids is 1. The number of carboxylic acid groups (broad SMARTS) is 1. The molecule has 1 aliphatic carbocycles. The molecule has 1 fully saturated rings. The summed E-state index contributed by atoms with van der Waals surface area (Å²) < 4.78 is 1.76. The molecule has 1 aromatic rings. The Balaban J connectivity index is 1.69. The minimum Gasteiger partial charge on any atom is -0.481 e. The lowest BCUT2D eigenvalue weighted by molar-refractivity contribution is -0.142. The highest BCUT2D eigenvalue weighted by molar-refractivity contribution is 5.76. The first-order chi connectivity index (χ1) is 9.54. The lowest BCUT2D eigenvalue weighted by atomic mass is 9.86. The highest BCUT2D eigenvalue weighted by Gasteiger charge is 2.26. The van der Waals surface area contributed by atoms with E-state index in [1.54, 1.807) is 10.9 Å². The number of nitrogens with zero attached hydrogens (tertiary/aromatic N) is 2. The molecule has 110 valence electrons. The topological polar surface area (TPSA) is 84.2 Å². The SMILES string of the molecule is Cc1cnn(CCC(=O)NC2CCC(C(=O)O)CC2)c1. The van der Waals surface area contributed by atoms with Gasteiger partial charge in [-0.3, -0.25) is 14.3 Å². The third-order valence-electron chi connectivity index (χ3n) is 3.77. The Bertz CT molecular complexity index is 476. The maximum Gasteiger partial charge on any atom is 0.306 e. The molecule has 6 nitrogen and oxygen atoms in total. The van der Waals surface area contributed by atoms with E-state index in [2.05, 4.69) is 10.4 Å². The van der Waals surface area contributed by atoms with Crippen LogP contribution in [0, 0.1) is 12.8 Å². The van der Waals surface area contributed by atoms with E-state index < -0.39 is 5.97 Å². The number of aryl methyl sites for hydroxylation is 2. The van der Waals surface area contributed by atoms with Gasteiger partial charge in [0.05, 0.1) is 12.1 Å².